The number of aliphatic hydroxyl groups is 1. The lowest BCUT2D eigenvalue weighted by Gasteiger charge is -2.21. The minimum Gasteiger partial charge on any atom is -0.383 e. The van der Waals surface area contributed by atoms with Crippen LogP contribution in [-0.2, 0) is 12.6 Å². The average Bonchev–Trinajstić information content (AvgIpc) is 3.05. The number of aliphatic imine (C=N–C) groups is 1. The van der Waals surface area contributed by atoms with E-state index in [-0.39, 0.29) is 30.5 Å². The number of benzene rings is 1. The highest BCUT2D eigenvalue weighted by molar-refractivity contribution is 14.0. The first-order valence-corrected chi connectivity index (χ1v) is 8.71. The summed E-state index contributed by atoms with van der Waals surface area (Å²) in [5.41, 5.74) is 0.988. The van der Waals surface area contributed by atoms with Gasteiger partial charge < -0.3 is 15.7 Å². The van der Waals surface area contributed by atoms with E-state index in [2.05, 4.69) is 51.9 Å². The Hall–Kier alpha value is -1.61. The van der Waals surface area contributed by atoms with E-state index in [4.69, 9.17) is 0 Å². The van der Waals surface area contributed by atoms with Crippen LogP contribution in [0, 0.1) is 0 Å². The monoisotopic (exact) mass is 471 g/mol. The molecule has 2 atom stereocenters. The molecule has 0 aliphatic rings. The Morgan fingerprint density at radius 1 is 1.31 bits per heavy atom. The van der Waals surface area contributed by atoms with Gasteiger partial charge in [-0.25, -0.2) is 4.99 Å². The van der Waals surface area contributed by atoms with E-state index in [0.717, 1.165) is 18.7 Å². The summed E-state index contributed by atoms with van der Waals surface area (Å²) in [4.78, 5) is 4.54. The van der Waals surface area contributed by atoms with Crippen molar-refractivity contribution in [2.24, 2.45) is 12.0 Å². The molecule has 0 fully saturated rings. The standard InChI is InChI=1S/C19H29N5O.HI/c1-5-20-18(21-11-15(2)16-9-7-6-8-10-16)22-14-19(3,25)17-12-23-24(4)13-17;/h6-10,12-13,15,25H,5,11,14H2,1-4H3,(H2,20,21,22);1H. The normalized spacial score (nSPS) is 14.9. The molecule has 26 heavy (non-hydrogen) atoms. The summed E-state index contributed by atoms with van der Waals surface area (Å²) in [6.07, 6.45) is 3.49. The lowest BCUT2D eigenvalue weighted by atomic mass is 10.0. The largest absolute Gasteiger partial charge is 0.383 e. The lowest BCUT2D eigenvalue weighted by Crippen LogP contribution is -2.40. The maximum absolute atomic E-state index is 10.7. The first-order valence-electron chi connectivity index (χ1n) is 8.71. The molecule has 1 aromatic heterocycles. The second-order valence-electron chi connectivity index (χ2n) is 6.56. The molecular weight excluding hydrogens is 441 g/mol. The van der Waals surface area contributed by atoms with Gasteiger partial charge in [0.05, 0.1) is 12.7 Å². The maximum Gasteiger partial charge on any atom is 0.191 e. The van der Waals surface area contributed by atoms with Crippen molar-refractivity contribution in [2.45, 2.75) is 32.3 Å². The third-order valence-corrected chi connectivity index (χ3v) is 4.16. The predicted octanol–water partition coefficient (Wildman–Crippen LogP) is 2.60. The number of nitrogens with one attached hydrogen (secondary N) is 2. The fourth-order valence-corrected chi connectivity index (χ4v) is 2.51. The number of hydrogen-bond acceptors (Lipinski definition) is 3. The van der Waals surface area contributed by atoms with Crippen LogP contribution in [0.3, 0.4) is 0 Å². The molecule has 0 amide bonds. The van der Waals surface area contributed by atoms with Gasteiger partial charge in [0.15, 0.2) is 5.96 Å². The van der Waals surface area contributed by atoms with Gasteiger partial charge >= 0.3 is 0 Å². The van der Waals surface area contributed by atoms with Crippen molar-refractivity contribution in [1.82, 2.24) is 20.4 Å². The number of hydrogen-bond donors (Lipinski definition) is 3. The van der Waals surface area contributed by atoms with Crippen LogP contribution in [0.5, 0.6) is 0 Å². The summed E-state index contributed by atoms with van der Waals surface area (Å²) in [5.74, 6) is 1.07. The van der Waals surface area contributed by atoms with E-state index in [1.807, 2.05) is 26.2 Å². The number of guanidine groups is 1. The molecule has 144 valence electrons. The van der Waals surface area contributed by atoms with Crippen LogP contribution in [0.15, 0.2) is 47.7 Å². The van der Waals surface area contributed by atoms with Gasteiger partial charge in [0.2, 0.25) is 0 Å². The molecule has 6 nitrogen and oxygen atoms in total. The van der Waals surface area contributed by atoms with Crippen LogP contribution in [-0.4, -0.2) is 40.5 Å². The zero-order valence-corrected chi connectivity index (χ0v) is 18.3. The summed E-state index contributed by atoms with van der Waals surface area (Å²) >= 11 is 0. The highest BCUT2D eigenvalue weighted by Crippen LogP contribution is 2.20. The SMILES string of the molecule is CCNC(=NCC(C)(O)c1cnn(C)c1)NCC(C)c1ccccc1.I. The van der Waals surface area contributed by atoms with Crippen molar-refractivity contribution < 1.29 is 5.11 Å². The van der Waals surface area contributed by atoms with Gasteiger partial charge in [-0.05, 0) is 25.3 Å². The smallest absolute Gasteiger partial charge is 0.191 e. The summed E-state index contributed by atoms with van der Waals surface area (Å²) < 4.78 is 1.68. The van der Waals surface area contributed by atoms with E-state index in [1.54, 1.807) is 17.8 Å². The minimum atomic E-state index is -1.05. The molecule has 0 saturated heterocycles. The molecule has 2 rings (SSSR count). The van der Waals surface area contributed by atoms with Gasteiger partial charge in [-0.3, -0.25) is 4.68 Å². The van der Waals surface area contributed by atoms with Gasteiger partial charge in [-0.2, -0.15) is 5.10 Å². The molecule has 0 saturated carbocycles. The molecule has 0 aliphatic carbocycles. The predicted molar refractivity (Wildman–Crippen MR) is 117 cm³/mol. The van der Waals surface area contributed by atoms with E-state index < -0.39 is 5.60 Å². The Kier molecular flexibility index (Phi) is 9.07. The van der Waals surface area contributed by atoms with Crippen LogP contribution in [0.2, 0.25) is 0 Å². The van der Waals surface area contributed by atoms with Crippen LogP contribution >= 0.6 is 24.0 Å². The van der Waals surface area contributed by atoms with Gasteiger partial charge in [-0.1, -0.05) is 37.3 Å². The number of rotatable bonds is 7. The molecule has 2 unspecified atom stereocenters. The minimum absolute atomic E-state index is 0. The van der Waals surface area contributed by atoms with Crippen molar-refractivity contribution in [3.05, 3.63) is 53.9 Å². The van der Waals surface area contributed by atoms with Crippen LogP contribution in [0.1, 0.15) is 37.8 Å². The quantitative estimate of drug-likeness (QED) is 0.330. The molecule has 7 heteroatoms. The fraction of sp³-hybridized carbons (Fsp3) is 0.474. The van der Waals surface area contributed by atoms with Crippen molar-refractivity contribution in [2.75, 3.05) is 19.6 Å². The molecular formula is C19H30IN5O. The van der Waals surface area contributed by atoms with E-state index in [1.165, 1.54) is 5.56 Å². The highest BCUT2D eigenvalue weighted by Gasteiger charge is 2.24. The van der Waals surface area contributed by atoms with Gasteiger partial charge in [-0.15, -0.1) is 24.0 Å². The third-order valence-electron chi connectivity index (χ3n) is 4.16. The Bertz CT molecular complexity index is 684. The Balaban J connectivity index is 0.00000338. The van der Waals surface area contributed by atoms with Crippen molar-refractivity contribution in [3.8, 4) is 0 Å². The molecule has 1 aromatic carbocycles. The molecule has 0 radical (unpaired) electrons. The summed E-state index contributed by atoms with van der Waals surface area (Å²) in [7, 11) is 1.83. The van der Waals surface area contributed by atoms with Crippen molar-refractivity contribution in [1.29, 1.82) is 0 Å². The second-order valence-corrected chi connectivity index (χ2v) is 6.56. The maximum atomic E-state index is 10.7. The van der Waals surface area contributed by atoms with Crippen molar-refractivity contribution in [3.63, 3.8) is 0 Å². The summed E-state index contributed by atoms with van der Waals surface area (Å²) in [6, 6.07) is 10.4. The second kappa shape index (κ2) is 10.5. The first-order chi connectivity index (χ1) is 11.9. The Labute approximate surface area is 173 Å². The van der Waals surface area contributed by atoms with Crippen LogP contribution in [0.25, 0.3) is 0 Å². The molecule has 2 aromatic rings. The van der Waals surface area contributed by atoms with Crippen LogP contribution in [0.4, 0.5) is 0 Å². The van der Waals surface area contributed by atoms with Gasteiger partial charge in [0.25, 0.3) is 0 Å². The fourth-order valence-electron chi connectivity index (χ4n) is 2.51. The van der Waals surface area contributed by atoms with Crippen LogP contribution < -0.4 is 10.6 Å². The van der Waals surface area contributed by atoms with E-state index in [9.17, 15) is 5.11 Å². The molecule has 3 N–H and O–H groups in total. The highest BCUT2D eigenvalue weighted by atomic mass is 127. The number of aryl methyl sites for hydroxylation is 1. The zero-order chi connectivity index (χ0) is 18.3. The molecule has 0 spiro atoms. The third kappa shape index (κ3) is 6.60. The van der Waals surface area contributed by atoms with Crippen molar-refractivity contribution >= 4 is 29.9 Å². The van der Waals surface area contributed by atoms with Gasteiger partial charge in [0.1, 0.15) is 5.60 Å². The zero-order valence-electron chi connectivity index (χ0n) is 15.9. The molecule has 0 bridgehead atoms. The van der Waals surface area contributed by atoms with E-state index >= 15 is 0 Å². The van der Waals surface area contributed by atoms with E-state index in [0.29, 0.717) is 11.9 Å². The average molecular weight is 471 g/mol. The number of nitrogens with zero attached hydrogens (tertiary/aromatic N) is 3. The lowest BCUT2D eigenvalue weighted by molar-refractivity contribution is 0.0672. The molecule has 0 aliphatic heterocycles. The van der Waals surface area contributed by atoms with Gasteiger partial charge in [0, 0.05) is 31.9 Å². The Morgan fingerprint density at radius 2 is 2.00 bits per heavy atom. The number of aromatic nitrogens is 2. The summed E-state index contributed by atoms with van der Waals surface area (Å²) in [6.45, 7) is 7.75. The first kappa shape index (κ1) is 22.4. The number of halogens is 1. The summed E-state index contributed by atoms with van der Waals surface area (Å²) in [5, 5.41) is 21.4. The topological polar surface area (TPSA) is 74.5 Å². The Morgan fingerprint density at radius 3 is 2.58 bits per heavy atom. The molecule has 1 heterocycles.